The minimum absolute atomic E-state index is 0. The fraction of sp³-hybridized carbons (Fsp3) is 0.875. The van der Waals surface area contributed by atoms with Gasteiger partial charge in [0.2, 0.25) is 5.91 Å². The van der Waals surface area contributed by atoms with Gasteiger partial charge in [-0.2, -0.15) is 0 Å². The molecule has 1 aliphatic rings. The van der Waals surface area contributed by atoms with Gasteiger partial charge in [0.25, 0.3) is 0 Å². The van der Waals surface area contributed by atoms with E-state index in [1.807, 2.05) is 6.92 Å². The van der Waals surface area contributed by atoms with Crippen molar-refractivity contribution in [3.8, 4) is 0 Å². The highest BCUT2D eigenvalue weighted by Gasteiger charge is 2.28. The molecule has 1 fully saturated rings. The lowest BCUT2D eigenvalue weighted by Gasteiger charge is -2.34. The molecule has 1 unspecified atom stereocenters. The molecule has 1 rings (SSSR count). The number of nitrogens with two attached hydrogens (primary N) is 1. The van der Waals surface area contributed by atoms with Crippen LogP contribution in [0.4, 0.5) is 0 Å². The number of likely N-dealkylation sites (tertiary alicyclic amines) is 1. The molecule has 0 bridgehead atoms. The highest BCUT2D eigenvalue weighted by atomic mass is 127. The third kappa shape index (κ3) is 8.10. The summed E-state index contributed by atoms with van der Waals surface area (Å²) in [6.45, 7) is 9.61. The summed E-state index contributed by atoms with van der Waals surface area (Å²) in [7, 11) is -3.18. The Balaban J connectivity index is 0.00000576. The molecule has 7 nitrogen and oxygen atoms in total. The average molecular weight is 488 g/mol. The number of amides is 1. The maximum absolute atomic E-state index is 12.2. The topological polar surface area (TPSA) is 105 Å². The third-order valence-corrected chi connectivity index (χ3v) is 6.78. The molecule has 0 saturated carbocycles. The molecule has 0 radical (unpaired) electrons. The van der Waals surface area contributed by atoms with Crippen molar-refractivity contribution in [1.29, 1.82) is 0 Å². The Labute approximate surface area is 169 Å². The molecule has 25 heavy (non-hydrogen) atoms. The molecule has 9 heteroatoms. The lowest BCUT2D eigenvalue weighted by Crippen LogP contribution is -2.47. The van der Waals surface area contributed by atoms with E-state index >= 15 is 0 Å². The van der Waals surface area contributed by atoms with Gasteiger partial charge >= 0.3 is 0 Å². The van der Waals surface area contributed by atoms with Crippen molar-refractivity contribution in [1.82, 2.24) is 10.2 Å². The van der Waals surface area contributed by atoms with E-state index < -0.39 is 14.6 Å². The molecule has 1 amide bonds. The number of nitrogens with one attached hydrogen (secondary N) is 1. The van der Waals surface area contributed by atoms with Crippen LogP contribution in [-0.2, 0) is 14.6 Å². The number of rotatable bonds is 6. The van der Waals surface area contributed by atoms with Gasteiger partial charge in [0.1, 0.15) is 0 Å². The first-order chi connectivity index (χ1) is 11.1. The minimum Gasteiger partial charge on any atom is -0.370 e. The van der Waals surface area contributed by atoms with Crippen molar-refractivity contribution in [2.45, 2.75) is 51.7 Å². The van der Waals surface area contributed by atoms with Crippen molar-refractivity contribution in [2.24, 2.45) is 16.6 Å². The van der Waals surface area contributed by atoms with Crippen LogP contribution >= 0.6 is 24.0 Å². The lowest BCUT2D eigenvalue weighted by molar-refractivity contribution is -0.119. The Bertz CT molecular complexity index is 558. The van der Waals surface area contributed by atoms with E-state index in [2.05, 4.69) is 15.2 Å². The molecule has 3 N–H and O–H groups in total. The molecule has 0 aliphatic carbocycles. The van der Waals surface area contributed by atoms with Crippen molar-refractivity contribution in [2.75, 3.05) is 31.9 Å². The molecule has 0 aromatic rings. The molecular weight excluding hydrogens is 455 g/mol. The Kier molecular flexibility index (Phi) is 10.3. The van der Waals surface area contributed by atoms with E-state index in [0.717, 1.165) is 31.9 Å². The number of sulfone groups is 1. The standard InChI is InChI=1S/C16H32N4O3S.HI/c1-5-18-15(19-8-10-24(22,23)16(2,3)4)20-9-6-7-13(12-20)11-14(17)21;/h13H,5-12H2,1-4H3,(H2,17,21)(H,18,19);1H. The van der Waals surface area contributed by atoms with Gasteiger partial charge < -0.3 is 16.0 Å². The molecule has 0 aromatic heterocycles. The van der Waals surface area contributed by atoms with Crippen LogP contribution in [0, 0.1) is 5.92 Å². The largest absolute Gasteiger partial charge is 0.370 e. The van der Waals surface area contributed by atoms with Gasteiger partial charge in [0.15, 0.2) is 15.8 Å². The quantitative estimate of drug-likeness (QED) is 0.334. The summed E-state index contributed by atoms with van der Waals surface area (Å²) in [5.74, 6) is 0.707. The van der Waals surface area contributed by atoms with Crippen molar-refractivity contribution in [3.05, 3.63) is 0 Å². The van der Waals surface area contributed by atoms with Crippen LogP contribution in [0.1, 0.15) is 47.0 Å². The number of piperidine rings is 1. The molecular formula is C16H33IN4O3S. The van der Waals surface area contributed by atoms with Crippen LogP contribution in [0.15, 0.2) is 4.99 Å². The fourth-order valence-corrected chi connectivity index (χ4v) is 3.66. The van der Waals surface area contributed by atoms with Crippen LogP contribution in [0.3, 0.4) is 0 Å². The van der Waals surface area contributed by atoms with E-state index in [4.69, 9.17) is 5.73 Å². The summed E-state index contributed by atoms with van der Waals surface area (Å²) in [5.41, 5.74) is 5.30. The van der Waals surface area contributed by atoms with Gasteiger partial charge in [-0.25, -0.2) is 8.42 Å². The normalized spacial score (nSPS) is 19.3. The summed E-state index contributed by atoms with van der Waals surface area (Å²) in [6.07, 6.45) is 2.34. The molecule has 1 saturated heterocycles. The lowest BCUT2D eigenvalue weighted by atomic mass is 9.95. The zero-order valence-corrected chi connectivity index (χ0v) is 18.9. The van der Waals surface area contributed by atoms with E-state index in [9.17, 15) is 13.2 Å². The average Bonchev–Trinajstić information content (AvgIpc) is 2.44. The van der Waals surface area contributed by atoms with Crippen molar-refractivity contribution in [3.63, 3.8) is 0 Å². The number of guanidine groups is 1. The fourth-order valence-electron chi connectivity index (χ4n) is 2.71. The second-order valence-electron chi connectivity index (χ2n) is 7.29. The second-order valence-corrected chi connectivity index (χ2v) is 10.2. The van der Waals surface area contributed by atoms with Crippen LogP contribution in [0.2, 0.25) is 0 Å². The zero-order valence-electron chi connectivity index (χ0n) is 15.7. The van der Waals surface area contributed by atoms with E-state index in [-0.39, 0.29) is 48.1 Å². The van der Waals surface area contributed by atoms with Crippen molar-refractivity contribution < 1.29 is 13.2 Å². The van der Waals surface area contributed by atoms with Crippen LogP contribution in [0.5, 0.6) is 0 Å². The molecule has 148 valence electrons. The monoisotopic (exact) mass is 488 g/mol. The minimum atomic E-state index is -3.18. The van der Waals surface area contributed by atoms with E-state index in [1.165, 1.54) is 0 Å². The van der Waals surface area contributed by atoms with Crippen LogP contribution < -0.4 is 11.1 Å². The number of halogens is 1. The van der Waals surface area contributed by atoms with Crippen molar-refractivity contribution >= 4 is 45.7 Å². The predicted octanol–water partition coefficient (Wildman–Crippen LogP) is 1.37. The maximum atomic E-state index is 12.2. The molecule has 1 heterocycles. The Morgan fingerprint density at radius 3 is 2.52 bits per heavy atom. The summed E-state index contributed by atoms with van der Waals surface area (Å²) in [6, 6.07) is 0. The summed E-state index contributed by atoms with van der Waals surface area (Å²) in [5, 5.41) is 3.22. The highest BCUT2D eigenvalue weighted by Crippen LogP contribution is 2.19. The van der Waals surface area contributed by atoms with Gasteiger partial charge in [0.05, 0.1) is 17.0 Å². The first kappa shape index (κ1) is 24.4. The summed E-state index contributed by atoms with van der Waals surface area (Å²) < 4.78 is 23.6. The second kappa shape index (κ2) is 10.5. The number of primary amides is 1. The van der Waals surface area contributed by atoms with Gasteiger partial charge in [0, 0.05) is 26.1 Å². The smallest absolute Gasteiger partial charge is 0.217 e. The Morgan fingerprint density at radius 2 is 2.00 bits per heavy atom. The molecule has 0 spiro atoms. The number of carbonyl (C=O) groups is 1. The van der Waals surface area contributed by atoms with Gasteiger partial charge in [-0.15, -0.1) is 24.0 Å². The Hall–Kier alpha value is -0.580. The Morgan fingerprint density at radius 1 is 1.36 bits per heavy atom. The number of aliphatic imine (C=N–C) groups is 1. The third-order valence-electron chi connectivity index (χ3n) is 4.20. The van der Waals surface area contributed by atoms with Crippen LogP contribution in [-0.4, -0.2) is 61.9 Å². The number of carbonyl (C=O) groups excluding carboxylic acids is 1. The van der Waals surface area contributed by atoms with Gasteiger partial charge in [-0.3, -0.25) is 9.79 Å². The number of hydrogen-bond acceptors (Lipinski definition) is 4. The maximum Gasteiger partial charge on any atom is 0.217 e. The summed E-state index contributed by atoms with van der Waals surface area (Å²) >= 11 is 0. The van der Waals surface area contributed by atoms with E-state index in [0.29, 0.717) is 13.0 Å². The number of hydrogen-bond donors (Lipinski definition) is 2. The first-order valence-electron chi connectivity index (χ1n) is 8.60. The number of nitrogens with zero attached hydrogens (tertiary/aromatic N) is 2. The van der Waals surface area contributed by atoms with E-state index in [1.54, 1.807) is 20.8 Å². The first-order valence-corrected chi connectivity index (χ1v) is 10.3. The highest BCUT2D eigenvalue weighted by molar-refractivity contribution is 14.0. The SMILES string of the molecule is CCNC(=NCCS(=O)(=O)C(C)(C)C)N1CCCC(CC(N)=O)C1.I. The van der Waals surface area contributed by atoms with Gasteiger partial charge in [-0.1, -0.05) is 0 Å². The molecule has 1 aliphatic heterocycles. The predicted molar refractivity (Wildman–Crippen MR) is 113 cm³/mol. The zero-order chi connectivity index (χ0) is 18.4. The van der Waals surface area contributed by atoms with Gasteiger partial charge in [-0.05, 0) is 46.5 Å². The molecule has 1 atom stereocenters. The summed E-state index contributed by atoms with van der Waals surface area (Å²) in [4.78, 5) is 17.7. The molecule has 0 aromatic carbocycles. The van der Waals surface area contributed by atoms with Crippen LogP contribution in [0.25, 0.3) is 0 Å².